The van der Waals surface area contributed by atoms with Crippen LogP contribution in [0.25, 0.3) is 0 Å². The Morgan fingerprint density at radius 3 is 2.43 bits per heavy atom. The summed E-state index contributed by atoms with van der Waals surface area (Å²) in [6, 6.07) is 14.9. The van der Waals surface area contributed by atoms with Crippen LogP contribution in [0.1, 0.15) is 30.4 Å². The first-order chi connectivity index (χ1) is 14.5. The highest BCUT2D eigenvalue weighted by Crippen LogP contribution is 2.14. The molecule has 0 aliphatic heterocycles. The molecule has 0 fully saturated rings. The third kappa shape index (κ3) is 8.77. The second kappa shape index (κ2) is 12.3. The number of nitrogens with one attached hydrogen (secondary N) is 2. The Hall–Kier alpha value is -3.35. The SMILES string of the molecule is COC(=O)CNC(=O)Cc1ccc(NC(=O)CCCCOc2cccc(C)c2)cc1. The summed E-state index contributed by atoms with van der Waals surface area (Å²) in [5.74, 6) is 0.0147. The number of carbonyl (C=O) groups excluding carboxylic acids is 3. The quantitative estimate of drug-likeness (QED) is 0.437. The minimum Gasteiger partial charge on any atom is -0.494 e. The van der Waals surface area contributed by atoms with Crippen molar-refractivity contribution in [2.24, 2.45) is 0 Å². The molecule has 2 aromatic rings. The second-order valence-corrected chi connectivity index (χ2v) is 6.90. The van der Waals surface area contributed by atoms with Crippen LogP contribution in [0.5, 0.6) is 5.75 Å². The molecule has 0 saturated carbocycles. The average molecular weight is 412 g/mol. The van der Waals surface area contributed by atoms with Crippen molar-refractivity contribution in [1.29, 1.82) is 0 Å². The Balaban J connectivity index is 1.64. The number of amides is 2. The zero-order valence-electron chi connectivity index (χ0n) is 17.4. The fourth-order valence-electron chi connectivity index (χ4n) is 2.70. The van der Waals surface area contributed by atoms with Crippen LogP contribution < -0.4 is 15.4 Å². The molecule has 2 aromatic carbocycles. The first-order valence-electron chi connectivity index (χ1n) is 9.88. The molecule has 0 radical (unpaired) electrons. The van der Waals surface area contributed by atoms with Crippen LogP contribution in [0.4, 0.5) is 5.69 Å². The van der Waals surface area contributed by atoms with Crippen molar-refractivity contribution in [2.75, 3.05) is 25.6 Å². The number of aryl methyl sites for hydroxylation is 1. The molecule has 0 heterocycles. The molecule has 0 atom stereocenters. The predicted molar refractivity (Wildman–Crippen MR) is 114 cm³/mol. The van der Waals surface area contributed by atoms with Crippen molar-refractivity contribution in [1.82, 2.24) is 5.32 Å². The molecular weight excluding hydrogens is 384 g/mol. The van der Waals surface area contributed by atoms with Crippen molar-refractivity contribution < 1.29 is 23.9 Å². The summed E-state index contributed by atoms with van der Waals surface area (Å²) in [4.78, 5) is 34.9. The predicted octanol–water partition coefficient (Wildman–Crippen LogP) is 3.01. The van der Waals surface area contributed by atoms with Crippen LogP contribution in [-0.2, 0) is 25.5 Å². The van der Waals surface area contributed by atoms with E-state index < -0.39 is 5.97 Å². The Kier molecular flexibility index (Phi) is 9.37. The maximum atomic E-state index is 12.1. The van der Waals surface area contributed by atoms with Gasteiger partial charge in [0.1, 0.15) is 12.3 Å². The first-order valence-corrected chi connectivity index (χ1v) is 9.88. The van der Waals surface area contributed by atoms with Gasteiger partial charge in [0.15, 0.2) is 0 Å². The topological polar surface area (TPSA) is 93.7 Å². The molecule has 0 aliphatic rings. The van der Waals surface area contributed by atoms with E-state index in [0.29, 0.717) is 18.7 Å². The Bertz CT molecular complexity index is 849. The normalized spacial score (nSPS) is 10.2. The molecule has 160 valence electrons. The van der Waals surface area contributed by atoms with Gasteiger partial charge in [0.2, 0.25) is 11.8 Å². The maximum absolute atomic E-state index is 12.1. The van der Waals surface area contributed by atoms with Crippen molar-refractivity contribution >= 4 is 23.5 Å². The summed E-state index contributed by atoms with van der Waals surface area (Å²) in [6.07, 6.45) is 2.08. The van der Waals surface area contributed by atoms with Gasteiger partial charge in [-0.05, 0) is 55.2 Å². The van der Waals surface area contributed by atoms with Crippen molar-refractivity contribution in [3.8, 4) is 5.75 Å². The number of methoxy groups -OCH3 is 1. The van der Waals surface area contributed by atoms with Gasteiger partial charge in [-0.1, -0.05) is 24.3 Å². The van der Waals surface area contributed by atoms with E-state index in [0.717, 1.165) is 29.7 Å². The molecule has 30 heavy (non-hydrogen) atoms. The van der Waals surface area contributed by atoms with Crippen LogP contribution in [0.15, 0.2) is 48.5 Å². The van der Waals surface area contributed by atoms with Gasteiger partial charge in [-0.15, -0.1) is 0 Å². The minimum absolute atomic E-state index is 0.0610. The zero-order chi connectivity index (χ0) is 21.8. The van der Waals surface area contributed by atoms with Crippen molar-refractivity contribution in [3.05, 3.63) is 59.7 Å². The fourth-order valence-corrected chi connectivity index (χ4v) is 2.70. The molecule has 7 nitrogen and oxygen atoms in total. The van der Waals surface area contributed by atoms with E-state index in [9.17, 15) is 14.4 Å². The molecule has 2 amide bonds. The van der Waals surface area contributed by atoms with Gasteiger partial charge in [0.05, 0.1) is 20.1 Å². The highest BCUT2D eigenvalue weighted by molar-refractivity contribution is 5.90. The summed E-state index contributed by atoms with van der Waals surface area (Å²) < 4.78 is 10.1. The number of carbonyl (C=O) groups is 3. The standard InChI is InChI=1S/C23H28N2O5/c1-17-6-5-7-20(14-17)30-13-4-3-8-21(26)25-19-11-9-18(10-12-19)15-22(27)24-16-23(28)29-2/h5-7,9-12,14H,3-4,8,13,15-16H2,1-2H3,(H,24,27)(H,25,26). The molecule has 0 spiro atoms. The first kappa shape index (κ1) is 22.9. The van der Waals surface area contributed by atoms with E-state index in [1.807, 2.05) is 31.2 Å². The van der Waals surface area contributed by atoms with E-state index in [4.69, 9.17) is 4.74 Å². The van der Waals surface area contributed by atoms with Gasteiger partial charge in [0, 0.05) is 12.1 Å². The summed E-state index contributed by atoms with van der Waals surface area (Å²) in [7, 11) is 1.26. The third-order valence-electron chi connectivity index (χ3n) is 4.32. The smallest absolute Gasteiger partial charge is 0.325 e. The van der Waals surface area contributed by atoms with Gasteiger partial charge in [-0.2, -0.15) is 0 Å². The Labute approximate surface area is 176 Å². The van der Waals surface area contributed by atoms with Crippen LogP contribution in [0, 0.1) is 6.92 Å². The summed E-state index contributed by atoms with van der Waals surface area (Å²) >= 11 is 0. The Morgan fingerprint density at radius 2 is 1.73 bits per heavy atom. The lowest BCUT2D eigenvalue weighted by molar-refractivity contribution is -0.141. The molecule has 0 saturated heterocycles. The van der Waals surface area contributed by atoms with Gasteiger partial charge in [-0.25, -0.2) is 0 Å². The molecule has 0 unspecified atom stereocenters. The molecule has 0 aliphatic carbocycles. The van der Waals surface area contributed by atoms with Crippen LogP contribution in [0.2, 0.25) is 0 Å². The molecule has 0 bridgehead atoms. The van der Waals surface area contributed by atoms with Gasteiger partial charge < -0.3 is 20.1 Å². The number of anilines is 1. The number of hydrogen-bond acceptors (Lipinski definition) is 5. The fraction of sp³-hybridized carbons (Fsp3) is 0.348. The lowest BCUT2D eigenvalue weighted by Gasteiger charge is -2.08. The Morgan fingerprint density at radius 1 is 0.967 bits per heavy atom. The highest BCUT2D eigenvalue weighted by atomic mass is 16.5. The van der Waals surface area contributed by atoms with Gasteiger partial charge in [0.25, 0.3) is 0 Å². The van der Waals surface area contributed by atoms with Gasteiger partial charge in [-0.3, -0.25) is 14.4 Å². The molecule has 2 N–H and O–H groups in total. The van der Waals surface area contributed by atoms with Crippen LogP contribution in [0.3, 0.4) is 0 Å². The van der Waals surface area contributed by atoms with E-state index in [1.54, 1.807) is 24.3 Å². The summed E-state index contributed by atoms with van der Waals surface area (Å²) in [5, 5.41) is 5.33. The summed E-state index contributed by atoms with van der Waals surface area (Å²) in [5.41, 5.74) is 2.61. The van der Waals surface area contributed by atoms with Crippen LogP contribution in [-0.4, -0.2) is 38.0 Å². The number of esters is 1. The third-order valence-corrected chi connectivity index (χ3v) is 4.32. The number of hydrogen-bond donors (Lipinski definition) is 2. The lowest BCUT2D eigenvalue weighted by atomic mass is 10.1. The minimum atomic E-state index is -0.497. The lowest BCUT2D eigenvalue weighted by Crippen LogP contribution is -2.31. The van der Waals surface area contributed by atoms with Crippen molar-refractivity contribution in [3.63, 3.8) is 0 Å². The molecule has 2 rings (SSSR count). The maximum Gasteiger partial charge on any atom is 0.325 e. The number of unbranched alkanes of at least 4 members (excludes halogenated alkanes) is 1. The average Bonchev–Trinajstić information content (AvgIpc) is 2.73. The summed E-state index contributed by atoms with van der Waals surface area (Å²) in [6.45, 7) is 2.44. The molecule has 7 heteroatoms. The van der Waals surface area contributed by atoms with Crippen molar-refractivity contribution in [2.45, 2.75) is 32.6 Å². The molecular formula is C23H28N2O5. The van der Waals surface area contributed by atoms with Gasteiger partial charge >= 0.3 is 5.97 Å². The number of ether oxygens (including phenoxy) is 2. The second-order valence-electron chi connectivity index (χ2n) is 6.90. The monoisotopic (exact) mass is 412 g/mol. The number of benzene rings is 2. The van der Waals surface area contributed by atoms with E-state index in [1.165, 1.54) is 7.11 Å². The molecule has 0 aromatic heterocycles. The van der Waals surface area contributed by atoms with E-state index in [-0.39, 0.29) is 24.8 Å². The van der Waals surface area contributed by atoms with E-state index >= 15 is 0 Å². The largest absolute Gasteiger partial charge is 0.494 e. The number of rotatable bonds is 11. The zero-order valence-corrected chi connectivity index (χ0v) is 17.4. The van der Waals surface area contributed by atoms with Crippen LogP contribution >= 0.6 is 0 Å². The van der Waals surface area contributed by atoms with E-state index in [2.05, 4.69) is 15.4 Å². The highest BCUT2D eigenvalue weighted by Gasteiger charge is 2.07.